The molecule has 0 amide bonds. The number of aliphatic hydroxyl groups is 1. The Hall–Kier alpha value is -1.77. The summed E-state index contributed by atoms with van der Waals surface area (Å²) in [5, 5.41) is 11.9. The Kier molecular flexibility index (Phi) is 2.54. The summed E-state index contributed by atoms with van der Waals surface area (Å²) < 4.78 is 23.3. The van der Waals surface area contributed by atoms with Crippen LogP contribution in [0.2, 0.25) is 0 Å². The number of ether oxygens (including phenoxy) is 4. The highest BCUT2D eigenvalue weighted by atomic mass is 16.7. The largest absolute Gasteiger partial charge is 0.458 e. The summed E-state index contributed by atoms with van der Waals surface area (Å²) in [6.45, 7) is 7.46. The van der Waals surface area contributed by atoms with Gasteiger partial charge in [-0.1, -0.05) is 6.92 Å². The quantitative estimate of drug-likeness (QED) is 0.447. The minimum atomic E-state index is -1.95. The van der Waals surface area contributed by atoms with Crippen LogP contribution in [0.5, 0.6) is 0 Å². The molecule has 9 unspecified atom stereocenters. The Labute approximate surface area is 172 Å². The number of rotatable bonds is 0. The Balaban J connectivity index is 1.52. The van der Waals surface area contributed by atoms with Crippen molar-refractivity contribution in [1.29, 1.82) is 0 Å². The number of esters is 2. The molecule has 8 heteroatoms. The van der Waals surface area contributed by atoms with E-state index in [1.165, 1.54) is 6.08 Å². The van der Waals surface area contributed by atoms with Crippen LogP contribution in [0.25, 0.3) is 0 Å². The van der Waals surface area contributed by atoms with E-state index < -0.39 is 57.2 Å². The van der Waals surface area contributed by atoms with Crippen molar-refractivity contribution in [3.8, 4) is 0 Å². The number of epoxide rings is 2. The van der Waals surface area contributed by atoms with Gasteiger partial charge in [0, 0.05) is 6.08 Å². The molecule has 0 aromatic rings. The van der Waals surface area contributed by atoms with Gasteiger partial charge in [-0.2, -0.15) is 0 Å². The molecule has 2 bridgehead atoms. The maximum atomic E-state index is 13.6. The summed E-state index contributed by atoms with van der Waals surface area (Å²) in [6, 6.07) is 0. The average molecular weight is 416 g/mol. The molecule has 0 aromatic heterocycles. The molecule has 7 rings (SSSR count). The maximum Gasteiger partial charge on any atom is 0.331 e. The SMILES string of the molecule is CC1OC(=O)C23C4(C)CC5OC56C(=CC(=O)OC6(C)C)C4CC(C(=O)C12O)C31CO1. The monoisotopic (exact) mass is 416 g/mol. The highest BCUT2D eigenvalue weighted by Crippen LogP contribution is 2.83. The molecular formula is C22H24O8. The highest BCUT2D eigenvalue weighted by Gasteiger charge is 2.98. The number of fused-ring (bicyclic) bond motifs is 2. The molecular weight excluding hydrogens is 392 g/mol. The van der Waals surface area contributed by atoms with Gasteiger partial charge in [-0.05, 0) is 50.5 Å². The van der Waals surface area contributed by atoms with Crippen LogP contribution in [-0.4, -0.2) is 64.0 Å². The van der Waals surface area contributed by atoms with E-state index in [1.54, 1.807) is 6.92 Å². The third kappa shape index (κ3) is 1.28. The summed E-state index contributed by atoms with van der Waals surface area (Å²) in [4.78, 5) is 39.7. The second-order valence-electron chi connectivity index (χ2n) is 10.9. The van der Waals surface area contributed by atoms with E-state index in [0.717, 1.165) is 5.57 Å². The molecule has 3 saturated heterocycles. The van der Waals surface area contributed by atoms with Crippen LogP contribution in [0, 0.1) is 22.7 Å². The Morgan fingerprint density at radius 3 is 2.50 bits per heavy atom. The van der Waals surface area contributed by atoms with Crippen LogP contribution in [-0.2, 0) is 33.3 Å². The summed E-state index contributed by atoms with van der Waals surface area (Å²) in [6.07, 6.45) is 1.12. The fourth-order valence-corrected chi connectivity index (χ4v) is 8.72. The first-order chi connectivity index (χ1) is 13.9. The molecule has 6 fully saturated rings. The minimum Gasteiger partial charge on any atom is -0.458 e. The molecule has 8 nitrogen and oxygen atoms in total. The van der Waals surface area contributed by atoms with Gasteiger partial charge in [0.1, 0.15) is 22.7 Å². The molecule has 4 aliphatic heterocycles. The number of hydrogen-bond acceptors (Lipinski definition) is 8. The van der Waals surface area contributed by atoms with Crippen LogP contribution in [0.1, 0.15) is 40.5 Å². The van der Waals surface area contributed by atoms with Gasteiger partial charge < -0.3 is 24.1 Å². The van der Waals surface area contributed by atoms with Crippen molar-refractivity contribution < 1.29 is 38.4 Å². The molecule has 0 aromatic carbocycles. The van der Waals surface area contributed by atoms with Crippen molar-refractivity contribution in [2.75, 3.05) is 6.61 Å². The zero-order chi connectivity index (χ0) is 21.3. The number of cyclic esters (lactones) is 2. The molecule has 160 valence electrons. The number of ketones is 1. The molecule has 1 N–H and O–H groups in total. The second-order valence-corrected chi connectivity index (χ2v) is 10.9. The third-order valence-electron chi connectivity index (χ3n) is 9.85. The lowest BCUT2D eigenvalue weighted by atomic mass is 9.40. The fourth-order valence-electron chi connectivity index (χ4n) is 8.72. The summed E-state index contributed by atoms with van der Waals surface area (Å²) in [5.74, 6) is -2.31. The molecule has 4 heterocycles. The first-order valence-electron chi connectivity index (χ1n) is 10.7. The second kappa shape index (κ2) is 4.27. The Morgan fingerprint density at radius 2 is 1.83 bits per heavy atom. The van der Waals surface area contributed by atoms with Crippen molar-refractivity contribution in [3.63, 3.8) is 0 Å². The van der Waals surface area contributed by atoms with Crippen LogP contribution < -0.4 is 0 Å². The van der Waals surface area contributed by atoms with Crippen LogP contribution in [0.4, 0.5) is 0 Å². The molecule has 9 atom stereocenters. The topological polar surface area (TPSA) is 115 Å². The van der Waals surface area contributed by atoms with E-state index in [0.29, 0.717) is 12.8 Å². The van der Waals surface area contributed by atoms with Gasteiger partial charge in [-0.15, -0.1) is 0 Å². The van der Waals surface area contributed by atoms with Crippen molar-refractivity contribution in [2.24, 2.45) is 22.7 Å². The van der Waals surface area contributed by atoms with Crippen LogP contribution in [0.15, 0.2) is 11.6 Å². The summed E-state index contributed by atoms with van der Waals surface area (Å²) in [5.41, 5.74) is -6.18. The molecule has 3 saturated carbocycles. The lowest BCUT2D eigenvalue weighted by Gasteiger charge is -2.59. The number of hydrogen-bond donors (Lipinski definition) is 1. The van der Waals surface area contributed by atoms with Crippen molar-refractivity contribution in [2.45, 2.75) is 75.1 Å². The summed E-state index contributed by atoms with van der Waals surface area (Å²) in [7, 11) is 0. The lowest BCUT2D eigenvalue weighted by Crippen LogP contribution is -2.70. The number of Topliss-reactive ketones (excluding diaryl/α,β-unsaturated/α-hetero) is 1. The molecule has 30 heavy (non-hydrogen) atoms. The maximum absolute atomic E-state index is 13.6. The van der Waals surface area contributed by atoms with Gasteiger partial charge in [-0.25, -0.2) is 4.79 Å². The molecule has 0 radical (unpaired) electrons. The van der Waals surface area contributed by atoms with E-state index >= 15 is 0 Å². The predicted octanol–water partition coefficient (Wildman–Crippen LogP) is 0.446. The van der Waals surface area contributed by atoms with Gasteiger partial charge in [0.25, 0.3) is 0 Å². The van der Waals surface area contributed by atoms with Crippen molar-refractivity contribution >= 4 is 17.7 Å². The minimum absolute atomic E-state index is 0.249. The van der Waals surface area contributed by atoms with Crippen molar-refractivity contribution in [1.82, 2.24) is 0 Å². The fraction of sp³-hybridized carbons (Fsp3) is 0.773. The average Bonchev–Trinajstić information content (AvgIpc) is 3.52. The van der Waals surface area contributed by atoms with Crippen LogP contribution in [0.3, 0.4) is 0 Å². The number of carbonyl (C=O) groups is 3. The molecule has 7 aliphatic rings. The van der Waals surface area contributed by atoms with Gasteiger partial charge in [0.05, 0.1) is 18.6 Å². The first-order valence-corrected chi connectivity index (χ1v) is 10.7. The smallest absolute Gasteiger partial charge is 0.331 e. The highest BCUT2D eigenvalue weighted by molar-refractivity contribution is 6.07. The Morgan fingerprint density at radius 1 is 1.13 bits per heavy atom. The Bertz CT molecular complexity index is 1020. The van der Waals surface area contributed by atoms with E-state index in [-0.39, 0.29) is 24.4 Å². The van der Waals surface area contributed by atoms with E-state index in [1.807, 2.05) is 20.8 Å². The van der Waals surface area contributed by atoms with E-state index in [9.17, 15) is 19.5 Å². The van der Waals surface area contributed by atoms with E-state index in [2.05, 4.69) is 0 Å². The molecule has 3 aliphatic carbocycles. The third-order valence-corrected chi connectivity index (χ3v) is 9.85. The van der Waals surface area contributed by atoms with Crippen molar-refractivity contribution in [3.05, 3.63) is 11.6 Å². The normalized spacial score (nSPS) is 60.7. The number of carbonyl (C=O) groups excluding carboxylic acids is 3. The van der Waals surface area contributed by atoms with Gasteiger partial charge in [-0.3, -0.25) is 9.59 Å². The van der Waals surface area contributed by atoms with Gasteiger partial charge >= 0.3 is 11.9 Å². The summed E-state index contributed by atoms with van der Waals surface area (Å²) >= 11 is 0. The standard InChI is InChI=1S/C22H24O8/c1-9-20(26)15(24)12-5-10-11-6-14(23)30-17(2,3)21(11)13(29-21)7-18(10,4)22(20,16(25)28-9)19(12)8-27-19/h6,9-10,12-13,26H,5,7-8H2,1-4H3. The zero-order valence-electron chi connectivity index (χ0n) is 17.3. The predicted molar refractivity (Wildman–Crippen MR) is 96.8 cm³/mol. The zero-order valence-corrected chi connectivity index (χ0v) is 17.3. The van der Waals surface area contributed by atoms with E-state index in [4.69, 9.17) is 18.9 Å². The van der Waals surface area contributed by atoms with Gasteiger partial charge in [0.15, 0.2) is 17.0 Å². The first kappa shape index (κ1) is 17.9. The van der Waals surface area contributed by atoms with Gasteiger partial charge in [0.2, 0.25) is 0 Å². The lowest BCUT2D eigenvalue weighted by molar-refractivity contribution is -0.190. The molecule has 3 spiro atoms. The van der Waals surface area contributed by atoms with Crippen LogP contribution >= 0.6 is 0 Å².